The molecule has 0 N–H and O–H groups in total. The maximum Gasteiger partial charge on any atom is 0.166 e. The zero-order valence-corrected chi connectivity index (χ0v) is 10.5. The molecule has 1 aliphatic carbocycles. The lowest BCUT2D eigenvalue weighted by atomic mass is 9.99. The molecule has 0 aliphatic heterocycles. The van der Waals surface area contributed by atoms with Crippen molar-refractivity contribution >= 4 is 17.1 Å². The predicted molar refractivity (Wildman–Crippen MR) is 68.5 cm³/mol. The highest BCUT2D eigenvalue weighted by molar-refractivity contribution is 7.09. The molecule has 86 valence electrons. The van der Waals surface area contributed by atoms with E-state index in [0.29, 0.717) is 0 Å². The van der Waals surface area contributed by atoms with Gasteiger partial charge in [-0.05, 0) is 18.9 Å². The minimum Gasteiger partial charge on any atom is -0.294 e. The number of carbonyl (C=O) groups excluding carboxylic acids is 1. The maximum absolute atomic E-state index is 12.2. The molecule has 0 saturated heterocycles. The number of nitrogens with zero attached hydrogens (tertiary/aromatic N) is 1. The van der Waals surface area contributed by atoms with E-state index in [9.17, 15) is 4.79 Å². The van der Waals surface area contributed by atoms with Gasteiger partial charge in [0.25, 0.3) is 0 Å². The molecular weight excluding hydrogens is 230 g/mol. The number of benzene rings is 1. The molecule has 0 fully saturated rings. The van der Waals surface area contributed by atoms with E-state index in [2.05, 4.69) is 16.4 Å². The van der Waals surface area contributed by atoms with Gasteiger partial charge in [0.1, 0.15) is 0 Å². The summed E-state index contributed by atoms with van der Waals surface area (Å²) < 4.78 is 0. The van der Waals surface area contributed by atoms with Gasteiger partial charge in [-0.3, -0.25) is 4.79 Å². The van der Waals surface area contributed by atoms with Crippen LogP contribution in [0, 0.1) is 12.8 Å². The van der Waals surface area contributed by atoms with E-state index in [-0.39, 0.29) is 11.7 Å². The monoisotopic (exact) mass is 243 g/mol. The fraction of sp³-hybridized carbons (Fsp3) is 0.286. The molecule has 0 spiro atoms. The standard InChI is InChI=1S/C14H13NOS/c1-9-15-12(8-17-9)7-11-6-10-4-2-3-5-13(10)14(11)16/h2-5,8,11H,6-7H2,1H3. The molecule has 1 heterocycles. The largest absolute Gasteiger partial charge is 0.294 e. The van der Waals surface area contributed by atoms with E-state index in [1.54, 1.807) is 11.3 Å². The van der Waals surface area contributed by atoms with Crippen molar-refractivity contribution in [3.8, 4) is 0 Å². The number of thiazole rings is 1. The van der Waals surface area contributed by atoms with Crippen molar-refractivity contribution in [3.63, 3.8) is 0 Å². The summed E-state index contributed by atoms with van der Waals surface area (Å²) >= 11 is 1.65. The molecule has 0 saturated carbocycles. The van der Waals surface area contributed by atoms with Crippen molar-refractivity contribution in [2.24, 2.45) is 5.92 Å². The number of rotatable bonds is 2. The van der Waals surface area contributed by atoms with Crippen molar-refractivity contribution in [2.75, 3.05) is 0 Å². The third-order valence-electron chi connectivity index (χ3n) is 3.24. The summed E-state index contributed by atoms with van der Waals surface area (Å²) in [7, 11) is 0. The Morgan fingerprint density at radius 2 is 2.24 bits per heavy atom. The first-order valence-corrected chi connectivity index (χ1v) is 6.65. The molecule has 2 aromatic rings. The Hall–Kier alpha value is -1.48. The van der Waals surface area contributed by atoms with Gasteiger partial charge in [-0.2, -0.15) is 0 Å². The summed E-state index contributed by atoms with van der Waals surface area (Å²) in [4.78, 5) is 16.6. The van der Waals surface area contributed by atoms with Crippen LogP contribution in [0.1, 0.15) is 26.6 Å². The second kappa shape index (κ2) is 4.08. The van der Waals surface area contributed by atoms with Gasteiger partial charge >= 0.3 is 0 Å². The number of hydrogen-bond donors (Lipinski definition) is 0. The number of aromatic nitrogens is 1. The maximum atomic E-state index is 12.2. The third kappa shape index (κ3) is 1.91. The van der Waals surface area contributed by atoms with Crippen molar-refractivity contribution in [2.45, 2.75) is 19.8 Å². The minimum absolute atomic E-state index is 0.0916. The van der Waals surface area contributed by atoms with Gasteiger partial charge in [0.2, 0.25) is 0 Å². The highest BCUT2D eigenvalue weighted by Crippen LogP contribution is 2.29. The quantitative estimate of drug-likeness (QED) is 0.811. The van der Waals surface area contributed by atoms with Crippen molar-refractivity contribution in [3.05, 3.63) is 51.5 Å². The Labute approximate surface area is 104 Å². The fourth-order valence-corrected chi connectivity index (χ4v) is 3.06. The number of Topliss-reactive ketones (excluding diaryl/α,β-unsaturated/α-hetero) is 1. The molecule has 1 unspecified atom stereocenters. The average Bonchev–Trinajstić information content (AvgIpc) is 2.86. The first-order valence-electron chi connectivity index (χ1n) is 5.77. The summed E-state index contributed by atoms with van der Waals surface area (Å²) in [5.74, 6) is 0.375. The summed E-state index contributed by atoms with van der Waals surface area (Å²) in [6, 6.07) is 7.93. The summed E-state index contributed by atoms with van der Waals surface area (Å²) in [5.41, 5.74) is 3.15. The summed E-state index contributed by atoms with van der Waals surface area (Å²) in [6.07, 6.45) is 1.64. The highest BCUT2D eigenvalue weighted by atomic mass is 32.1. The van der Waals surface area contributed by atoms with E-state index >= 15 is 0 Å². The predicted octanol–water partition coefficient (Wildman–Crippen LogP) is 3.05. The molecule has 0 bridgehead atoms. The van der Waals surface area contributed by atoms with E-state index in [1.165, 1.54) is 5.56 Å². The second-order valence-corrected chi connectivity index (χ2v) is 5.55. The first kappa shape index (κ1) is 10.7. The van der Waals surface area contributed by atoms with Gasteiger partial charge in [0, 0.05) is 23.3 Å². The number of hydrogen-bond acceptors (Lipinski definition) is 3. The Kier molecular flexibility index (Phi) is 2.56. The minimum atomic E-state index is 0.0916. The molecule has 0 radical (unpaired) electrons. The fourth-order valence-electron chi connectivity index (χ4n) is 2.44. The molecule has 2 nitrogen and oxygen atoms in total. The van der Waals surface area contributed by atoms with E-state index in [0.717, 1.165) is 29.1 Å². The molecule has 1 atom stereocenters. The van der Waals surface area contributed by atoms with Gasteiger partial charge < -0.3 is 0 Å². The molecule has 1 aromatic heterocycles. The number of fused-ring (bicyclic) bond motifs is 1. The van der Waals surface area contributed by atoms with Gasteiger partial charge in [-0.25, -0.2) is 4.98 Å². The van der Waals surface area contributed by atoms with Crippen LogP contribution in [-0.4, -0.2) is 10.8 Å². The number of carbonyl (C=O) groups is 1. The van der Waals surface area contributed by atoms with Crippen LogP contribution >= 0.6 is 11.3 Å². The van der Waals surface area contributed by atoms with Crippen molar-refractivity contribution in [1.82, 2.24) is 4.98 Å². The Balaban J connectivity index is 1.82. The van der Waals surface area contributed by atoms with Crippen LogP contribution < -0.4 is 0 Å². The van der Waals surface area contributed by atoms with Crippen LogP contribution in [0.15, 0.2) is 29.6 Å². The average molecular weight is 243 g/mol. The summed E-state index contributed by atoms with van der Waals surface area (Å²) in [5, 5.41) is 3.13. The SMILES string of the molecule is Cc1nc(CC2Cc3ccccc3C2=O)cs1. The zero-order valence-electron chi connectivity index (χ0n) is 9.64. The van der Waals surface area contributed by atoms with Crippen LogP contribution in [0.2, 0.25) is 0 Å². The molecule has 3 heteroatoms. The lowest BCUT2D eigenvalue weighted by Crippen LogP contribution is -2.12. The molecule has 1 aliphatic rings. The normalized spacial score (nSPS) is 18.4. The van der Waals surface area contributed by atoms with Crippen LogP contribution in [0.4, 0.5) is 0 Å². The molecular formula is C14H13NOS. The van der Waals surface area contributed by atoms with E-state index < -0.39 is 0 Å². The van der Waals surface area contributed by atoms with Crippen molar-refractivity contribution in [1.29, 1.82) is 0 Å². The lowest BCUT2D eigenvalue weighted by Gasteiger charge is -2.04. The van der Waals surface area contributed by atoms with Gasteiger partial charge in [0.15, 0.2) is 5.78 Å². The van der Waals surface area contributed by atoms with Crippen molar-refractivity contribution < 1.29 is 4.79 Å². The molecule has 17 heavy (non-hydrogen) atoms. The molecule has 0 amide bonds. The van der Waals surface area contributed by atoms with Crippen LogP contribution in [0.5, 0.6) is 0 Å². The summed E-state index contributed by atoms with van der Waals surface area (Å²) in [6.45, 7) is 2.00. The highest BCUT2D eigenvalue weighted by Gasteiger charge is 2.30. The van der Waals surface area contributed by atoms with Crippen LogP contribution in [0.3, 0.4) is 0 Å². The van der Waals surface area contributed by atoms with Crippen LogP contribution in [-0.2, 0) is 12.8 Å². The smallest absolute Gasteiger partial charge is 0.166 e. The van der Waals surface area contributed by atoms with E-state index in [1.807, 2.05) is 25.1 Å². The second-order valence-electron chi connectivity index (χ2n) is 4.48. The first-order chi connectivity index (χ1) is 8.24. The topological polar surface area (TPSA) is 30.0 Å². The van der Waals surface area contributed by atoms with E-state index in [4.69, 9.17) is 0 Å². The molecule has 3 rings (SSSR count). The van der Waals surface area contributed by atoms with Gasteiger partial charge in [0.05, 0.1) is 10.7 Å². The van der Waals surface area contributed by atoms with Gasteiger partial charge in [-0.15, -0.1) is 11.3 Å². The van der Waals surface area contributed by atoms with Crippen LogP contribution in [0.25, 0.3) is 0 Å². The zero-order chi connectivity index (χ0) is 11.8. The Morgan fingerprint density at radius 1 is 1.41 bits per heavy atom. The third-order valence-corrected chi connectivity index (χ3v) is 4.06. The Morgan fingerprint density at radius 3 is 2.94 bits per heavy atom. The molecule has 1 aromatic carbocycles. The Bertz CT molecular complexity index is 573. The lowest BCUT2D eigenvalue weighted by molar-refractivity contribution is 0.0935. The number of aryl methyl sites for hydroxylation is 1. The van der Waals surface area contributed by atoms with Gasteiger partial charge in [-0.1, -0.05) is 24.3 Å². The number of ketones is 1.